The van der Waals surface area contributed by atoms with Crippen molar-refractivity contribution in [3.63, 3.8) is 0 Å². The van der Waals surface area contributed by atoms with Crippen LogP contribution in [0.4, 0.5) is 4.39 Å². The van der Waals surface area contributed by atoms with Gasteiger partial charge in [-0.15, -0.1) is 0 Å². The molecule has 2 rings (SSSR count). The number of carboxylic acids is 1. The Morgan fingerprint density at radius 3 is 2.50 bits per heavy atom. The number of hydrogen-bond donors (Lipinski definition) is 1. The van der Waals surface area contributed by atoms with Crippen molar-refractivity contribution >= 4 is 21.9 Å². The van der Waals surface area contributed by atoms with Gasteiger partial charge >= 0.3 is 5.97 Å². The largest absolute Gasteiger partial charge is 0.481 e. The lowest BCUT2D eigenvalue weighted by Gasteiger charge is -2.13. The Morgan fingerprint density at radius 1 is 1.15 bits per heavy atom. The van der Waals surface area contributed by atoms with Crippen LogP contribution in [-0.2, 0) is 17.6 Å². The molecule has 0 amide bonds. The molecule has 2 aromatic rings. The maximum atomic E-state index is 13.3. The molecule has 1 unspecified atom stereocenters. The lowest BCUT2D eigenvalue weighted by Crippen LogP contribution is -2.19. The van der Waals surface area contributed by atoms with E-state index in [4.69, 9.17) is 0 Å². The van der Waals surface area contributed by atoms with Crippen molar-refractivity contribution in [3.8, 4) is 0 Å². The SMILES string of the molecule is O=C(O)C(Cc1ccccc1)Cc1cc(F)ccc1Br. The first kappa shape index (κ1) is 14.7. The fourth-order valence-corrected chi connectivity index (χ4v) is 2.52. The predicted molar refractivity (Wildman–Crippen MR) is 79.1 cm³/mol. The van der Waals surface area contributed by atoms with E-state index in [0.717, 1.165) is 10.0 Å². The molecule has 0 heterocycles. The normalized spacial score (nSPS) is 12.1. The first-order valence-corrected chi connectivity index (χ1v) is 7.06. The Kier molecular flexibility index (Phi) is 4.90. The van der Waals surface area contributed by atoms with Gasteiger partial charge in [0.1, 0.15) is 5.82 Å². The minimum absolute atomic E-state index is 0.294. The second kappa shape index (κ2) is 6.66. The van der Waals surface area contributed by atoms with Crippen LogP contribution in [0.1, 0.15) is 11.1 Å². The Labute approximate surface area is 125 Å². The van der Waals surface area contributed by atoms with E-state index in [1.54, 1.807) is 6.07 Å². The van der Waals surface area contributed by atoms with Crippen molar-refractivity contribution in [3.05, 3.63) is 69.9 Å². The lowest BCUT2D eigenvalue weighted by atomic mass is 9.92. The molecule has 2 aromatic carbocycles. The Balaban J connectivity index is 2.18. The molecule has 0 aliphatic heterocycles. The average molecular weight is 337 g/mol. The standard InChI is InChI=1S/C16H14BrFO2/c17-15-7-6-14(18)10-12(15)9-13(16(19)20)8-11-4-2-1-3-5-11/h1-7,10,13H,8-9H2,(H,19,20). The van der Waals surface area contributed by atoms with Gasteiger partial charge in [-0.05, 0) is 42.2 Å². The van der Waals surface area contributed by atoms with Gasteiger partial charge in [0, 0.05) is 4.47 Å². The topological polar surface area (TPSA) is 37.3 Å². The highest BCUT2D eigenvalue weighted by Gasteiger charge is 2.20. The van der Waals surface area contributed by atoms with E-state index in [1.165, 1.54) is 12.1 Å². The molecule has 0 spiro atoms. The maximum Gasteiger partial charge on any atom is 0.307 e. The van der Waals surface area contributed by atoms with Crippen molar-refractivity contribution < 1.29 is 14.3 Å². The second-order valence-electron chi connectivity index (χ2n) is 4.66. The Hall–Kier alpha value is -1.68. The van der Waals surface area contributed by atoms with E-state index < -0.39 is 11.9 Å². The zero-order valence-electron chi connectivity index (χ0n) is 10.7. The van der Waals surface area contributed by atoms with Gasteiger partial charge in [-0.3, -0.25) is 4.79 Å². The lowest BCUT2D eigenvalue weighted by molar-refractivity contribution is -0.141. The van der Waals surface area contributed by atoms with Crippen LogP contribution >= 0.6 is 15.9 Å². The quantitative estimate of drug-likeness (QED) is 0.893. The minimum Gasteiger partial charge on any atom is -0.481 e. The summed E-state index contributed by atoms with van der Waals surface area (Å²) in [5, 5.41) is 9.35. The van der Waals surface area contributed by atoms with Crippen molar-refractivity contribution in [2.45, 2.75) is 12.8 Å². The van der Waals surface area contributed by atoms with Gasteiger partial charge in [0.05, 0.1) is 5.92 Å². The van der Waals surface area contributed by atoms with Gasteiger partial charge < -0.3 is 5.11 Å². The molecule has 20 heavy (non-hydrogen) atoms. The van der Waals surface area contributed by atoms with Crippen LogP contribution in [0.25, 0.3) is 0 Å². The number of hydrogen-bond acceptors (Lipinski definition) is 1. The van der Waals surface area contributed by atoms with Crippen molar-refractivity contribution in [1.29, 1.82) is 0 Å². The molecule has 0 bridgehead atoms. The van der Waals surface area contributed by atoms with Crippen molar-refractivity contribution in [2.75, 3.05) is 0 Å². The van der Waals surface area contributed by atoms with E-state index in [1.807, 2.05) is 30.3 Å². The molecule has 104 valence electrons. The van der Waals surface area contributed by atoms with Gasteiger partial charge in [0.15, 0.2) is 0 Å². The van der Waals surface area contributed by atoms with Crippen LogP contribution in [0.3, 0.4) is 0 Å². The monoisotopic (exact) mass is 336 g/mol. The molecule has 0 fully saturated rings. The summed E-state index contributed by atoms with van der Waals surface area (Å²) in [5.41, 5.74) is 1.64. The minimum atomic E-state index is -0.870. The molecule has 2 nitrogen and oxygen atoms in total. The molecular weight excluding hydrogens is 323 g/mol. The van der Waals surface area contributed by atoms with Crippen molar-refractivity contribution in [1.82, 2.24) is 0 Å². The molecular formula is C16H14BrFO2. The van der Waals surface area contributed by atoms with Gasteiger partial charge in [0.25, 0.3) is 0 Å². The number of benzene rings is 2. The average Bonchev–Trinajstić information content (AvgIpc) is 2.43. The van der Waals surface area contributed by atoms with Crippen LogP contribution in [0, 0.1) is 11.7 Å². The van der Waals surface area contributed by atoms with E-state index in [9.17, 15) is 14.3 Å². The van der Waals surface area contributed by atoms with E-state index >= 15 is 0 Å². The van der Waals surface area contributed by atoms with E-state index in [0.29, 0.717) is 18.4 Å². The van der Waals surface area contributed by atoms with Gasteiger partial charge in [-0.2, -0.15) is 0 Å². The zero-order chi connectivity index (χ0) is 14.5. The van der Waals surface area contributed by atoms with Gasteiger partial charge in [-0.1, -0.05) is 46.3 Å². The van der Waals surface area contributed by atoms with Crippen molar-refractivity contribution in [2.24, 2.45) is 5.92 Å². The Morgan fingerprint density at radius 2 is 1.85 bits per heavy atom. The number of aliphatic carboxylic acids is 1. The second-order valence-corrected chi connectivity index (χ2v) is 5.52. The third-order valence-corrected chi connectivity index (χ3v) is 3.92. The van der Waals surface area contributed by atoms with Crippen LogP contribution in [0.15, 0.2) is 53.0 Å². The molecule has 1 N–H and O–H groups in total. The highest BCUT2D eigenvalue weighted by molar-refractivity contribution is 9.10. The van der Waals surface area contributed by atoms with Gasteiger partial charge in [0.2, 0.25) is 0 Å². The predicted octanol–water partition coefficient (Wildman–Crippen LogP) is 4.07. The molecule has 4 heteroatoms. The summed E-state index contributed by atoms with van der Waals surface area (Å²) in [4.78, 5) is 11.4. The van der Waals surface area contributed by atoms with Gasteiger partial charge in [-0.25, -0.2) is 4.39 Å². The third kappa shape index (κ3) is 3.90. The highest BCUT2D eigenvalue weighted by Crippen LogP contribution is 2.23. The summed E-state index contributed by atoms with van der Waals surface area (Å²) >= 11 is 3.33. The summed E-state index contributed by atoms with van der Waals surface area (Å²) in [6.07, 6.45) is 0.724. The molecule has 1 atom stereocenters. The first-order valence-electron chi connectivity index (χ1n) is 6.27. The van der Waals surface area contributed by atoms with Crippen LogP contribution in [0.5, 0.6) is 0 Å². The molecule has 0 aliphatic carbocycles. The van der Waals surface area contributed by atoms with Crippen LogP contribution in [-0.4, -0.2) is 11.1 Å². The highest BCUT2D eigenvalue weighted by atomic mass is 79.9. The number of halogens is 2. The fraction of sp³-hybridized carbons (Fsp3) is 0.188. The number of carboxylic acid groups (broad SMARTS) is 1. The summed E-state index contributed by atoms with van der Waals surface area (Å²) in [5.74, 6) is -1.80. The first-order chi connectivity index (χ1) is 9.56. The molecule has 0 saturated heterocycles. The van der Waals surface area contributed by atoms with Crippen LogP contribution < -0.4 is 0 Å². The fourth-order valence-electron chi connectivity index (χ4n) is 2.11. The van der Waals surface area contributed by atoms with E-state index in [-0.39, 0.29) is 5.82 Å². The maximum absolute atomic E-state index is 13.3. The molecule has 0 aliphatic rings. The summed E-state index contributed by atoms with van der Waals surface area (Å²) in [7, 11) is 0. The third-order valence-electron chi connectivity index (χ3n) is 3.15. The molecule has 0 aromatic heterocycles. The Bertz CT molecular complexity index is 599. The zero-order valence-corrected chi connectivity index (χ0v) is 12.3. The number of rotatable bonds is 5. The summed E-state index contributed by atoms with van der Waals surface area (Å²) in [6.45, 7) is 0. The van der Waals surface area contributed by atoms with E-state index in [2.05, 4.69) is 15.9 Å². The molecule has 0 saturated carbocycles. The summed E-state index contributed by atoms with van der Waals surface area (Å²) < 4.78 is 14.0. The smallest absolute Gasteiger partial charge is 0.307 e. The number of carbonyl (C=O) groups is 1. The summed E-state index contributed by atoms with van der Waals surface area (Å²) in [6, 6.07) is 13.8. The van der Waals surface area contributed by atoms with Crippen LogP contribution in [0.2, 0.25) is 0 Å². The molecule has 0 radical (unpaired) electrons.